The summed E-state index contributed by atoms with van der Waals surface area (Å²) in [5, 5.41) is 12.2. The number of rotatable bonds is 5. The Kier molecular flexibility index (Phi) is 5.37. The Hall–Kier alpha value is -2.99. The number of carbonyl (C=O) groups is 1. The molecule has 0 radical (unpaired) electrons. The molecule has 0 saturated carbocycles. The molecule has 1 fully saturated rings. The molecule has 1 saturated heterocycles. The molecular weight excluding hydrogens is 366 g/mol. The van der Waals surface area contributed by atoms with Crippen LogP contribution in [-0.4, -0.2) is 53.3 Å². The van der Waals surface area contributed by atoms with Gasteiger partial charge in [-0.05, 0) is 25.5 Å². The maximum Gasteiger partial charge on any atom is 0.272 e. The Morgan fingerprint density at radius 2 is 2.15 bits per heavy atom. The molecule has 1 aromatic heterocycles. The average molecular weight is 385 g/mol. The molecule has 2 aromatic rings. The minimum absolute atomic E-state index is 0.0156. The van der Waals surface area contributed by atoms with Gasteiger partial charge in [0, 0.05) is 18.7 Å². The Labute approximate surface area is 157 Å². The first-order chi connectivity index (χ1) is 12.9. The number of aromatic nitrogens is 2. The third-order valence-electron chi connectivity index (χ3n) is 4.45. The molecule has 0 bridgehead atoms. The summed E-state index contributed by atoms with van der Waals surface area (Å²) in [6.07, 6.45) is 1.71. The lowest BCUT2D eigenvalue weighted by atomic mass is 10.2. The summed E-state index contributed by atoms with van der Waals surface area (Å²) in [6, 6.07) is 10.2. The highest BCUT2D eigenvalue weighted by Gasteiger charge is 2.34. The quantitative estimate of drug-likeness (QED) is 0.833. The molecule has 0 aliphatic carbocycles. The fourth-order valence-electron chi connectivity index (χ4n) is 3.11. The lowest BCUT2D eigenvalue weighted by Gasteiger charge is -2.26. The molecule has 8 nitrogen and oxygen atoms in total. The van der Waals surface area contributed by atoms with Gasteiger partial charge < -0.3 is 10.2 Å². The number of carbonyl (C=O) groups excluding carboxylic acids is 1. The maximum absolute atomic E-state index is 12.9. The Bertz CT molecular complexity index is 1000. The summed E-state index contributed by atoms with van der Waals surface area (Å²) >= 11 is 0. The van der Waals surface area contributed by atoms with Crippen LogP contribution in [0.3, 0.4) is 0 Å². The van der Waals surface area contributed by atoms with Crippen LogP contribution < -0.4 is 5.32 Å². The molecule has 27 heavy (non-hydrogen) atoms. The van der Waals surface area contributed by atoms with Gasteiger partial charge in [-0.1, -0.05) is 12.1 Å². The van der Waals surface area contributed by atoms with Crippen LogP contribution in [0, 0.1) is 11.3 Å². The van der Waals surface area contributed by atoms with Gasteiger partial charge in [0.25, 0.3) is 5.91 Å². The number of para-hydroxylation sites is 1. The number of benzene rings is 1. The Balaban J connectivity index is 1.82. The van der Waals surface area contributed by atoms with Gasteiger partial charge in [0.1, 0.15) is 23.9 Å². The van der Waals surface area contributed by atoms with Crippen LogP contribution in [-0.2, 0) is 9.84 Å². The molecule has 2 heterocycles. The van der Waals surface area contributed by atoms with Crippen LogP contribution in [0.5, 0.6) is 0 Å². The zero-order valence-corrected chi connectivity index (χ0v) is 15.6. The predicted octanol–water partition coefficient (Wildman–Crippen LogP) is 1.74. The SMILES string of the molecule is CCN(C(=O)c1cc(Nc2ccccc2C#N)ncn1)C1CCS(=O)(=O)C1. The lowest BCUT2D eigenvalue weighted by molar-refractivity contribution is 0.0702. The molecular formula is C18H19N5O3S. The number of anilines is 2. The van der Waals surface area contributed by atoms with E-state index >= 15 is 0 Å². The van der Waals surface area contributed by atoms with E-state index in [1.165, 1.54) is 12.4 Å². The van der Waals surface area contributed by atoms with Crippen molar-refractivity contribution >= 4 is 27.2 Å². The predicted molar refractivity (Wildman–Crippen MR) is 100 cm³/mol. The lowest BCUT2D eigenvalue weighted by Crippen LogP contribution is -2.41. The number of nitrogens with zero attached hydrogens (tertiary/aromatic N) is 4. The van der Waals surface area contributed by atoms with Crippen LogP contribution in [0.2, 0.25) is 0 Å². The topological polar surface area (TPSA) is 116 Å². The smallest absolute Gasteiger partial charge is 0.272 e. The average Bonchev–Trinajstić information content (AvgIpc) is 3.02. The standard InChI is InChI=1S/C18H19N5O3S/c1-2-23(14-7-8-27(25,26)11-14)18(24)16-9-17(21-12-20-16)22-15-6-4-3-5-13(15)10-19/h3-6,9,12,14H,2,7-8,11H2,1H3,(H,20,21,22). The van der Waals surface area contributed by atoms with Crippen molar-refractivity contribution in [2.75, 3.05) is 23.4 Å². The number of sulfone groups is 1. The molecule has 1 amide bonds. The van der Waals surface area contributed by atoms with E-state index in [4.69, 9.17) is 0 Å². The fraction of sp³-hybridized carbons (Fsp3) is 0.333. The first-order valence-corrected chi connectivity index (χ1v) is 10.3. The second kappa shape index (κ2) is 7.72. The van der Waals surface area contributed by atoms with E-state index in [9.17, 15) is 18.5 Å². The van der Waals surface area contributed by atoms with Crippen molar-refractivity contribution in [2.45, 2.75) is 19.4 Å². The van der Waals surface area contributed by atoms with E-state index in [0.29, 0.717) is 30.0 Å². The van der Waals surface area contributed by atoms with Gasteiger partial charge in [-0.2, -0.15) is 5.26 Å². The summed E-state index contributed by atoms with van der Waals surface area (Å²) in [7, 11) is -3.09. The van der Waals surface area contributed by atoms with Crippen molar-refractivity contribution in [3.8, 4) is 6.07 Å². The van der Waals surface area contributed by atoms with E-state index in [1.54, 1.807) is 29.2 Å². The molecule has 1 aliphatic heterocycles. The summed E-state index contributed by atoms with van der Waals surface area (Å²) in [6.45, 7) is 2.20. The van der Waals surface area contributed by atoms with Gasteiger partial charge in [0.2, 0.25) is 0 Å². The molecule has 1 unspecified atom stereocenters. The summed E-state index contributed by atoms with van der Waals surface area (Å²) in [5.74, 6) is 0.131. The molecule has 140 valence electrons. The molecule has 1 aliphatic rings. The maximum atomic E-state index is 12.9. The second-order valence-corrected chi connectivity index (χ2v) is 8.45. The van der Waals surface area contributed by atoms with Gasteiger partial charge in [-0.25, -0.2) is 18.4 Å². The number of nitriles is 1. The van der Waals surface area contributed by atoms with Crippen molar-refractivity contribution in [1.82, 2.24) is 14.9 Å². The molecule has 1 aromatic carbocycles. The normalized spacial score (nSPS) is 17.9. The monoisotopic (exact) mass is 385 g/mol. The second-order valence-electron chi connectivity index (χ2n) is 6.22. The van der Waals surface area contributed by atoms with E-state index < -0.39 is 9.84 Å². The zero-order valence-electron chi connectivity index (χ0n) is 14.8. The first-order valence-electron chi connectivity index (χ1n) is 8.53. The number of hydrogen-bond acceptors (Lipinski definition) is 7. The van der Waals surface area contributed by atoms with Gasteiger partial charge in [-0.15, -0.1) is 0 Å². The summed E-state index contributed by atoms with van der Waals surface area (Å²) < 4.78 is 23.5. The molecule has 1 atom stereocenters. The molecule has 1 N–H and O–H groups in total. The highest BCUT2D eigenvalue weighted by Crippen LogP contribution is 2.22. The Morgan fingerprint density at radius 3 is 2.81 bits per heavy atom. The van der Waals surface area contributed by atoms with Crippen LogP contribution in [0.4, 0.5) is 11.5 Å². The highest BCUT2D eigenvalue weighted by atomic mass is 32.2. The highest BCUT2D eigenvalue weighted by molar-refractivity contribution is 7.91. The number of hydrogen-bond donors (Lipinski definition) is 1. The third-order valence-corrected chi connectivity index (χ3v) is 6.20. The first kappa shape index (κ1) is 18.8. The van der Waals surface area contributed by atoms with Crippen LogP contribution in [0.15, 0.2) is 36.7 Å². The van der Waals surface area contributed by atoms with Crippen molar-refractivity contribution < 1.29 is 13.2 Å². The number of amides is 1. The molecule has 9 heteroatoms. The van der Waals surface area contributed by atoms with E-state index in [2.05, 4.69) is 21.4 Å². The zero-order chi connectivity index (χ0) is 19.4. The van der Waals surface area contributed by atoms with Crippen LogP contribution in [0.25, 0.3) is 0 Å². The fourth-order valence-corrected chi connectivity index (χ4v) is 4.84. The van der Waals surface area contributed by atoms with Crippen LogP contribution in [0.1, 0.15) is 29.4 Å². The largest absolute Gasteiger partial charge is 0.339 e. The van der Waals surface area contributed by atoms with Gasteiger partial charge in [-0.3, -0.25) is 4.79 Å². The van der Waals surface area contributed by atoms with Crippen molar-refractivity contribution in [1.29, 1.82) is 5.26 Å². The van der Waals surface area contributed by atoms with Gasteiger partial charge >= 0.3 is 0 Å². The minimum Gasteiger partial charge on any atom is -0.339 e. The minimum atomic E-state index is -3.09. The van der Waals surface area contributed by atoms with Gasteiger partial charge in [0.15, 0.2) is 9.84 Å². The van der Waals surface area contributed by atoms with Crippen molar-refractivity contribution in [3.63, 3.8) is 0 Å². The third kappa shape index (κ3) is 4.23. The van der Waals surface area contributed by atoms with Crippen molar-refractivity contribution in [2.24, 2.45) is 0 Å². The number of nitrogens with one attached hydrogen (secondary N) is 1. The van der Waals surface area contributed by atoms with E-state index in [1.807, 2.05) is 6.92 Å². The van der Waals surface area contributed by atoms with E-state index in [0.717, 1.165) is 0 Å². The molecule has 0 spiro atoms. The van der Waals surface area contributed by atoms with E-state index in [-0.39, 0.29) is 29.1 Å². The summed E-state index contributed by atoms with van der Waals surface area (Å²) in [4.78, 5) is 22.5. The molecule has 3 rings (SSSR count). The Morgan fingerprint density at radius 1 is 1.37 bits per heavy atom. The summed E-state index contributed by atoms with van der Waals surface area (Å²) in [5.41, 5.74) is 1.20. The van der Waals surface area contributed by atoms with Gasteiger partial charge in [0.05, 0.1) is 22.8 Å². The van der Waals surface area contributed by atoms with Crippen LogP contribution >= 0.6 is 0 Å². The van der Waals surface area contributed by atoms with Crippen molar-refractivity contribution in [3.05, 3.63) is 47.9 Å².